The van der Waals surface area contributed by atoms with Crippen LogP contribution in [-0.4, -0.2) is 23.3 Å². The summed E-state index contributed by atoms with van der Waals surface area (Å²) in [4.78, 5) is 11.4. The fourth-order valence-electron chi connectivity index (χ4n) is 2.68. The Bertz CT molecular complexity index is 310. The lowest BCUT2D eigenvalue weighted by molar-refractivity contribution is -0.147. The monoisotopic (exact) mass is 340 g/mol. The molecule has 0 aliphatic rings. The van der Waals surface area contributed by atoms with E-state index in [-0.39, 0.29) is 18.2 Å². The van der Waals surface area contributed by atoms with Crippen molar-refractivity contribution in [1.82, 2.24) is 0 Å². The van der Waals surface area contributed by atoms with Crippen molar-refractivity contribution >= 4 is 5.97 Å². The number of hydrogen-bond donors (Lipinski definition) is 1. The van der Waals surface area contributed by atoms with Gasteiger partial charge in [0.25, 0.3) is 0 Å². The molecule has 0 unspecified atom stereocenters. The van der Waals surface area contributed by atoms with E-state index in [4.69, 9.17) is 4.74 Å². The van der Waals surface area contributed by atoms with Crippen molar-refractivity contribution in [1.29, 1.82) is 0 Å². The smallest absolute Gasteiger partial charge is 0.306 e. The Labute approximate surface area is 149 Å². The summed E-state index contributed by atoms with van der Waals surface area (Å²) in [5.41, 5.74) is 0. The van der Waals surface area contributed by atoms with Crippen LogP contribution in [0.4, 0.5) is 0 Å². The molecule has 3 nitrogen and oxygen atoms in total. The second-order valence-corrected chi connectivity index (χ2v) is 7.06. The van der Waals surface area contributed by atoms with Gasteiger partial charge in [0.2, 0.25) is 0 Å². The standard InChI is InChI=1S/C21H40O3/c1-4-5-6-13-16-20(22)17-14-11-9-7-8-10-12-15-18-21(23)24-19(2)3/h11,14,19-20,22H,4-10,12-13,15-18H2,1-3H3/t20-/m1/s1. The Kier molecular flexibility index (Phi) is 16.4. The molecule has 0 aromatic rings. The first-order valence-corrected chi connectivity index (χ1v) is 10.1. The Morgan fingerprint density at radius 3 is 2.33 bits per heavy atom. The Hall–Kier alpha value is -0.830. The molecule has 0 rings (SSSR count). The third-order valence-electron chi connectivity index (χ3n) is 4.08. The first-order chi connectivity index (χ1) is 11.6. The van der Waals surface area contributed by atoms with E-state index < -0.39 is 0 Å². The molecule has 0 saturated heterocycles. The summed E-state index contributed by atoms with van der Waals surface area (Å²) < 4.78 is 5.11. The lowest BCUT2D eigenvalue weighted by Gasteiger charge is -2.07. The molecule has 3 heteroatoms. The number of aliphatic hydroxyl groups is 1. The van der Waals surface area contributed by atoms with Crippen molar-refractivity contribution in [3.05, 3.63) is 12.2 Å². The van der Waals surface area contributed by atoms with Crippen LogP contribution >= 0.6 is 0 Å². The summed E-state index contributed by atoms with van der Waals surface area (Å²) in [5.74, 6) is -0.0683. The number of allylic oxidation sites excluding steroid dienone is 1. The van der Waals surface area contributed by atoms with E-state index in [9.17, 15) is 9.90 Å². The van der Waals surface area contributed by atoms with Crippen LogP contribution < -0.4 is 0 Å². The van der Waals surface area contributed by atoms with Crippen LogP contribution in [0.15, 0.2) is 12.2 Å². The number of unbranched alkanes of at least 4 members (excludes halogenated alkanes) is 8. The third kappa shape index (κ3) is 17.5. The molecule has 0 saturated carbocycles. The number of carbonyl (C=O) groups is 1. The van der Waals surface area contributed by atoms with E-state index in [2.05, 4.69) is 19.1 Å². The van der Waals surface area contributed by atoms with E-state index in [1.165, 1.54) is 38.5 Å². The van der Waals surface area contributed by atoms with Crippen molar-refractivity contribution in [2.75, 3.05) is 0 Å². The predicted molar refractivity (Wildman–Crippen MR) is 102 cm³/mol. The summed E-state index contributed by atoms with van der Waals surface area (Å²) in [7, 11) is 0. The zero-order valence-corrected chi connectivity index (χ0v) is 16.3. The van der Waals surface area contributed by atoms with E-state index in [0.717, 1.165) is 38.5 Å². The van der Waals surface area contributed by atoms with Gasteiger partial charge >= 0.3 is 5.97 Å². The fraction of sp³-hybridized carbons (Fsp3) is 0.857. The van der Waals surface area contributed by atoms with Gasteiger partial charge in [0, 0.05) is 6.42 Å². The average molecular weight is 341 g/mol. The number of carbonyl (C=O) groups excluding carboxylic acids is 1. The number of rotatable bonds is 16. The maximum Gasteiger partial charge on any atom is 0.306 e. The van der Waals surface area contributed by atoms with Crippen molar-refractivity contribution in [3.8, 4) is 0 Å². The molecule has 0 radical (unpaired) electrons. The van der Waals surface area contributed by atoms with Crippen LogP contribution in [0.5, 0.6) is 0 Å². The van der Waals surface area contributed by atoms with E-state index in [1.807, 2.05) is 13.8 Å². The van der Waals surface area contributed by atoms with E-state index in [1.54, 1.807) is 0 Å². The molecule has 24 heavy (non-hydrogen) atoms. The Morgan fingerprint density at radius 2 is 1.62 bits per heavy atom. The van der Waals surface area contributed by atoms with Crippen molar-refractivity contribution in [2.45, 2.75) is 116 Å². The molecule has 1 atom stereocenters. The maximum absolute atomic E-state index is 11.4. The molecular weight excluding hydrogens is 300 g/mol. The molecule has 0 aromatic heterocycles. The summed E-state index contributed by atoms with van der Waals surface area (Å²) in [6.07, 6.45) is 18.1. The molecule has 0 fully saturated rings. The molecule has 1 N–H and O–H groups in total. The van der Waals surface area contributed by atoms with Gasteiger partial charge in [0.15, 0.2) is 0 Å². The quantitative estimate of drug-likeness (QED) is 0.215. The number of hydrogen-bond acceptors (Lipinski definition) is 3. The van der Waals surface area contributed by atoms with Crippen LogP contribution in [0.25, 0.3) is 0 Å². The zero-order valence-electron chi connectivity index (χ0n) is 16.3. The summed E-state index contributed by atoms with van der Waals surface area (Å²) in [6, 6.07) is 0. The SMILES string of the molecule is CCCCCC[C@@H](O)CC=CCCCCCCCC(=O)OC(C)C. The van der Waals surface area contributed by atoms with Gasteiger partial charge in [0.1, 0.15) is 0 Å². The Morgan fingerprint density at radius 1 is 0.958 bits per heavy atom. The van der Waals surface area contributed by atoms with Gasteiger partial charge < -0.3 is 9.84 Å². The van der Waals surface area contributed by atoms with Crippen LogP contribution in [0.2, 0.25) is 0 Å². The second-order valence-electron chi connectivity index (χ2n) is 7.06. The lowest BCUT2D eigenvalue weighted by atomic mass is 10.1. The molecular formula is C21H40O3. The highest BCUT2D eigenvalue weighted by atomic mass is 16.5. The molecule has 0 bridgehead atoms. The fourth-order valence-corrected chi connectivity index (χ4v) is 2.68. The number of ether oxygens (including phenoxy) is 1. The van der Waals surface area contributed by atoms with E-state index in [0.29, 0.717) is 6.42 Å². The Balaban J connectivity index is 3.33. The predicted octanol–water partition coefficient (Wildman–Crippen LogP) is 5.95. The van der Waals surface area contributed by atoms with Gasteiger partial charge in [-0.05, 0) is 46.0 Å². The van der Waals surface area contributed by atoms with Gasteiger partial charge in [-0.2, -0.15) is 0 Å². The van der Waals surface area contributed by atoms with Crippen LogP contribution in [0.3, 0.4) is 0 Å². The van der Waals surface area contributed by atoms with Gasteiger partial charge in [-0.15, -0.1) is 0 Å². The topological polar surface area (TPSA) is 46.5 Å². The first-order valence-electron chi connectivity index (χ1n) is 10.1. The van der Waals surface area contributed by atoms with Crippen LogP contribution in [-0.2, 0) is 9.53 Å². The summed E-state index contributed by atoms with van der Waals surface area (Å²) in [6.45, 7) is 5.98. The molecule has 0 spiro atoms. The second kappa shape index (κ2) is 17.0. The highest BCUT2D eigenvalue weighted by Crippen LogP contribution is 2.11. The number of aliphatic hydroxyl groups excluding tert-OH is 1. The molecule has 0 aromatic carbocycles. The molecule has 0 heterocycles. The summed E-state index contributed by atoms with van der Waals surface area (Å²) in [5, 5.41) is 9.86. The van der Waals surface area contributed by atoms with Gasteiger partial charge in [-0.25, -0.2) is 0 Å². The molecule has 0 aliphatic heterocycles. The lowest BCUT2D eigenvalue weighted by Crippen LogP contribution is -2.10. The number of esters is 1. The van der Waals surface area contributed by atoms with Crippen LogP contribution in [0.1, 0.15) is 104 Å². The normalized spacial score (nSPS) is 12.9. The first kappa shape index (κ1) is 23.2. The van der Waals surface area contributed by atoms with Crippen LogP contribution in [0, 0.1) is 0 Å². The zero-order chi connectivity index (χ0) is 18.0. The molecule has 0 amide bonds. The average Bonchev–Trinajstić information content (AvgIpc) is 2.52. The minimum atomic E-state index is -0.163. The molecule has 0 aliphatic carbocycles. The largest absolute Gasteiger partial charge is 0.463 e. The van der Waals surface area contributed by atoms with Crippen molar-refractivity contribution in [2.24, 2.45) is 0 Å². The summed E-state index contributed by atoms with van der Waals surface area (Å²) >= 11 is 0. The van der Waals surface area contributed by atoms with E-state index >= 15 is 0 Å². The van der Waals surface area contributed by atoms with Gasteiger partial charge in [0.05, 0.1) is 12.2 Å². The van der Waals surface area contributed by atoms with Gasteiger partial charge in [-0.3, -0.25) is 4.79 Å². The minimum Gasteiger partial charge on any atom is -0.463 e. The maximum atomic E-state index is 11.4. The highest BCUT2D eigenvalue weighted by Gasteiger charge is 2.04. The van der Waals surface area contributed by atoms with Crippen molar-refractivity contribution in [3.63, 3.8) is 0 Å². The third-order valence-corrected chi connectivity index (χ3v) is 4.08. The minimum absolute atomic E-state index is 0.000791. The molecule has 142 valence electrons. The van der Waals surface area contributed by atoms with Crippen molar-refractivity contribution < 1.29 is 14.6 Å². The van der Waals surface area contributed by atoms with Gasteiger partial charge in [-0.1, -0.05) is 64.0 Å². The highest BCUT2D eigenvalue weighted by molar-refractivity contribution is 5.69.